The second kappa shape index (κ2) is 9.25. The second-order valence-corrected chi connectivity index (χ2v) is 8.08. The highest BCUT2D eigenvalue weighted by Gasteiger charge is 2.22. The first-order valence-corrected chi connectivity index (χ1v) is 10.7. The second-order valence-electron chi connectivity index (χ2n) is 7.68. The zero-order valence-corrected chi connectivity index (χ0v) is 18.2. The third kappa shape index (κ3) is 4.36. The zero-order valence-electron chi connectivity index (χ0n) is 17.5. The van der Waals surface area contributed by atoms with Crippen LogP contribution in [0.4, 0.5) is 0 Å². The fourth-order valence-electron chi connectivity index (χ4n) is 3.75. The number of carbonyl (C=O) groups is 1. The minimum atomic E-state index is -0.517. The Hall–Kier alpha value is -3.63. The molecule has 0 atom stereocenters. The summed E-state index contributed by atoms with van der Waals surface area (Å²) in [5.41, 5.74) is 0.523. The number of hydrogen-bond acceptors (Lipinski definition) is 5. The number of aryl methyl sites for hydroxylation is 1. The smallest absolute Gasteiger partial charge is 0.269 e. The van der Waals surface area contributed by atoms with Crippen molar-refractivity contribution in [2.24, 2.45) is 0 Å². The summed E-state index contributed by atoms with van der Waals surface area (Å²) in [6, 6.07) is 12.3. The van der Waals surface area contributed by atoms with Crippen LogP contribution in [-0.2, 0) is 4.79 Å². The Kier molecular flexibility index (Phi) is 6.24. The molecule has 162 valence electrons. The lowest BCUT2D eigenvalue weighted by Gasteiger charge is -2.13. The van der Waals surface area contributed by atoms with Crippen LogP contribution in [0, 0.1) is 18.3 Å². The third-order valence-electron chi connectivity index (χ3n) is 5.44. The number of fused-ring (bicyclic) bond motifs is 1. The molecule has 0 saturated heterocycles. The lowest BCUT2D eigenvalue weighted by atomic mass is 10.1. The Labute approximate surface area is 189 Å². The lowest BCUT2D eigenvalue weighted by Crippen LogP contribution is -2.33. The van der Waals surface area contributed by atoms with E-state index in [0.29, 0.717) is 16.4 Å². The number of hydrogen-bond donors (Lipinski definition) is 1. The fraction of sp³-hybridized carbons (Fsp3) is 0.250. The van der Waals surface area contributed by atoms with Crippen molar-refractivity contribution in [3.05, 3.63) is 74.7 Å². The molecule has 0 aliphatic heterocycles. The molecule has 0 bridgehead atoms. The molecule has 2 heterocycles. The van der Waals surface area contributed by atoms with E-state index in [1.165, 1.54) is 10.5 Å². The molecule has 1 aliphatic rings. The molecule has 2 aromatic heterocycles. The maximum atomic E-state index is 13.3. The molecular formula is C24H21ClN4O3. The Morgan fingerprint density at radius 3 is 2.75 bits per heavy atom. The van der Waals surface area contributed by atoms with E-state index < -0.39 is 11.5 Å². The number of nitrogens with zero attached hydrogens (tertiary/aromatic N) is 3. The maximum absolute atomic E-state index is 13.3. The highest BCUT2D eigenvalue weighted by molar-refractivity contribution is 6.32. The van der Waals surface area contributed by atoms with Crippen molar-refractivity contribution >= 4 is 29.2 Å². The number of amides is 1. The van der Waals surface area contributed by atoms with E-state index in [-0.39, 0.29) is 23.1 Å². The van der Waals surface area contributed by atoms with Gasteiger partial charge in [-0.3, -0.25) is 14.0 Å². The average molecular weight is 449 g/mol. The molecule has 1 aromatic carbocycles. The number of ether oxygens (including phenoxy) is 1. The van der Waals surface area contributed by atoms with Gasteiger partial charge in [0.05, 0.1) is 5.02 Å². The fourth-order valence-corrected chi connectivity index (χ4v) is 3.93. The minimum Gasteiger partial charge on any atom is -0.437 e. The van der Waals surface area contributed by atoms with Crippen molar-refractivity contribution in [1.29, 1.82) is 5.26 Å². The number of nitrogens with one attached hydrogen (secondary N) is 1. The number of carbonyl (C=O) groups excluding carboxylic acids is 1. The molecular weight excluding hydrogens is 428 g/mol. The van der Waals surface area contributed by atoms with Crippen molar-refractivity contribution in [2.45, 2.75) is 38.6 Å². The van der Waals surface area contributed by atoms with E-state index in [1.807, 2.05) is 19.1 Å². The first-order valence-electron chi connectivity index (χ1n) is 10.3. The van der Waals surface area contributed by atoms with Crippen LogP contribution in [0.3, 0.4) is 0 Å². The Morgan fingerprint density at radius 1 is 1.28 bits per heavy atom. The SMILES string of the molecule is Cc1cccn2c(=O)c(/C=C(\C#N)C(=O)NC3CCCC3)c(Oc3ccccc3Cl)nc12. The topological polar surface area (TPSA) is 96.5 Å². The number of para-hydroxylation sites is 1. The third-order valence-corrected chi connectivity index (χ3v) is 5.75. The Balaban J connectivity index is 1.84. The van der Waals surface area contributed by atoms with E-state index in [9.17, 15) is 14.9 Å². The van der Waals surface area contributed by atoms with Gasteiger partial charge in [0.25, 0.3) is 11.5 Å². The summed E-state index contributed by atoms with van der Waals surface area (Å²) in [4.78, 5) is 30.5. The van der Waals surface area contributed by atoms with Gasteiger partial charge in [0.1, 0.15) is 28.6 Å². The van der Waals surface area contributed by atoms with Crippen molar-refractivity contribution in [2.75, 3.05) is 0 Å². The monoisotopic (exact) mass is 448 g/mol. The average Bonchev–Trinajstić information content (AvgIpc) is 3.29. The van der Waals surface area contributed by atoms with Gasteiger partial charge in [-0.05, 0) is 49.6 Å². The zero-order chi connectivity index (χ0) is 22.7. The number of halogens is 1. The number of benzene rings is 1. The van der Waals surface area contributed by atoms with Gasteiger partial charge in [0.15, 0.2) is 0 Å². The highest BCUT2D eigenvalue weighted by atomic mass is 35.5. The van der Waals surface area contributed by atoms with E-state index in [4.69, 9.17) is 16.3 Å². The van der Waals surface area contributed by atoms with Gasteiger partial charge in [-0.1, -0.05) is 42.6 Å². The van der Waals surface area contributed by atoms with Crippen LogP contribution in [0.5, 0.6) is 11.6 Å². The number of pyridine rings is 1. The molecule has 1 fully saturated rings. The molecule has 4 rings (SSSR count). The van der Waals surface area contributed by atoms with Gasteiger partial charge in [-0.15, -0.1) is 0 Å². The van der Waals surface area contributed by atoms with Crippen LogP contribution in [0.2, 0.25) is 5.02 Å². The van der Waals surface area contributed by atoms with Crippen molar-refractivity contribution in [3.63, 3.8) is 0 Å². The van der Waals surface area contributed by atoms with E-state index in [2.05, 4.69) is 10.3 Å². The van der Waals surface area contributed by atoms with Crippen LogP contribution < -0.4 is 15.6 Å². The van der Waals surface area contributed by atoms with E-state index in [1.54, 1.807) is 36.5 Å². The summed E-state index contributed by atoms with van der Waals surface area (Å²) < 4.78 is 7.27. The first-order chi connectivity index (χ1) is 15.5. The van der Waals surface area contributed by atoms with Gasteiger partial charge >= 0.3 is 0 Å². The quantitative estimate of drug-likeness (QED) is 0.460. The van der Waals surface area contributed by atoms with E-state index in [0.717, 1.165) is 31.2 Å². The van der Waals surface area contributed by atoms with Crippen LogP contribution in [-0.4, -0.2) is 21.3 Å². The molecule has 0 radical (unpaired) electrons. The van der Waals surface area contributed by atoms with E-state index >= 15 is 0 Å². The maximum Gasteiger partial charge on any atom is 0.269 e. The molecule has 1 N–H and O–H groups in total. The summed E-state index contributed by atoms with van der Waals surface area (Å²) >= 11 is 6.23. The molecule has 1 saturated carbocycles. The standard InChI is InChI=1S/C24H21ClN4O3/c1-15-7-6-12-29-21(15)28-23(32-20-11-5-4-10-19(20)25)18(24(29)31)13-16(14-26)22(30)27-17-8-2-3-9-17/h4-7,10-13,17H,2-3,8-9H2,1H3,(H,27,30)/b16-13+. The van der Waals surface area contributed by atoms with Crippen LogP contribution in [0.25, 0.3) is 11.7 Å². The van der Waals surface area contributed by atoms with Crippen molar-refractivity contribution < 1.29 is 9.53 Å². The molecule has 7 nitrogen and oxygen atoms in total. The normalized spacial score (nSPS) is 14.3. The molecule has 1 aliphatic carbocycles. The van der Waals surface area contributed by atoms with Crippen molar-refractivity contribution in [3.8, 4) is 17.7 Å². The van der Waals surface area contributed by atoms with Crippen LogP contribution in [0.1, 0.15) is 36.8 Å². The Morgan fingerprint density at radius 2 is 2.03 bits per heavy atom. The summed E-state index contributed by atoms with van der Waals surface area (Å²) in [5.74, 6) is -0.238. The lowest BCUT2D eigenvalue weighted by molar-refractivity contribution is -0.117. The summed E-state index contributed by atoms with van der Waals surface area (Å²) in [7, 11) is 0. The van der Waals surface area contributed by atoms with Gasteiger partial charge in [0.2, 0.25) is 5.88 Å². The van der Waals surface area contributed by atoms with Crippen LogP contribution in [0.15, 0.2) is 53.0 Å². The molecule has 32 heavy (non-hydrogen) atoms. The number of rotatable bonds is 5. The summed E-state index contributed by atoms with van der Waals surface area (Å²) in [5, 5.41) is 12.8. The molecule has 0 unspecified atom stereocenters. The van der Waals surface area contributed by atoms with Gasteiger partial charge in [0, 0.05) is 12.2 Å². The highest BCUT2D eigenvalue weighted by Crippen LogP contribution is 2.30. The predicted octanol–water partition coefficient (Wildman–Crippen LogP) is 4.41. The van der Waals surface area contributed by atoms with Gasteiger partial charge in [-0.25, -0.2) is 0 Å². The van der Waals surface area contributed by atoms with Gasteiger partial charge in [-0.2, -0.15) is 10.2 Å². The molecule has 3 aromatic rings. The molecule has 0 spiro atoms. The number of nitriles is 1. The van der Waals surface area contributed by atoms with Crippen molar-refractivity contribution in [1.82, 2.24) is 14.7 Å². The molecule has 1 amide bonds. The number of aromatic nitrogens is 2. The Bertz CT molecular complexity index is 1320. The van der Waals surface area contributed by atoms with Crippen LogP contribution >= 0.6 is 11.6 Å². The minimum absolute atomic E-state index is 0.00820. The molecule has 8 heteroatoms. The predicted molar refractivity (Wildman–Crippen MR) is 122 cm³/mol. The first kappa shape index (κ1) is 21.6. The summed E-state index contributed by atoms with van der Waals surface area (Å²) in [6.45, 7) is 1.83. The van der Waals surface area contributed by atoms with Gasteiger partial charge < -0.3 is 10.1 Å². The largest absolute Gasteiger partial charge is 0.437 e. The summed E-state index contributed by atoms with van der Waals surface area (Å²) in [6.07, 6.45) is 6.67.